The summed E-state index contributed by atoms with van der Waals surface area (Å²) >= 11 is 0. The lowest BCUT2D eigenvalue weighted by atomic mass is 10.2. The zero-order chi connectivity index (χ0) is 21.5. The lowest BCUT2D eigenvalue weighted by Crippen LogP contribution is -2.37. The molecule has 11 heteroatoms. The monoisotopic (exact) mass is 532 g/mol. The second kappa shape index (κ2) is 11.3. The second-order valence-electron chi connectivity index (χ2n) is 7.39. The third-order valence-electron chi connectivity index (χ3n) is 3.22. The van der Waals surface area contributed by atoms with Crippen molar-refractivity contribution in [3.05, 3.63) is 24.3 Å². The van der Waals surface area contributed by atoms with E-state index in [2.05, 4.69) is 15.0 Å². The van der Waals surface area contributed by atoms with Crippen LogP contribution in [0.1, 0.15) is 27.7 Å². The maximum Gasteiger partial charge on any atom is 0.573 e. The van der Waals surface area contributed by atoms with E-state index < -0.39 is 18.1 Å². The van der Waals surface area contributed by atoms with Gasteiger partial charge in [0, 0.05) is 25.8 Å². The SMILES string of the molecule is CC(CN=C(N)Nc1ccc(OC(F)(F)F)cc1)CN(C)C(=O)OC(C)(C)C.I. The van der Waals surface area contributed by atoms with Crippen LogP contribution < -0.4 is 15.8 Å². The zero-order valence-corrected chi connectivity index (χ0v) is 19.4. The number of anilines is 1. The highest BCUT2D eigenvalue weighted by molar-refractivity contribution is 14.0. The van der Waals surface area contributed by atoms with Crippen molar-refractivity contribution < 1.29 is 27.4 Å². The van der Waals surface area contributed by atoms with Gasteiger partial charge in [-0.15, -0.1) is 37.1 Å². The molecular weight excluding hydrogens is 504 g/mol. The summed E-state index contributed by atoms with van der Waals surface area (Å²) in [5, 5.41) is 2.78. The number of alkyl halides is 3. The molecule has 166 valence electrons. The molecule has 3 N–H and O–H groups in total. The Kier molecular flexibility index (Phi) is 10.6. The van der Waals surface area contributed by atoms with Gasteiger partial charge in [-0.1, -0.05) is 6.92 Å². The fourth-order valence-electron chi connectivity index (χ4n) is 2.12. The highest BCUT2D eigenvalue weighted by atomic mass is 127. The van der Waals surface area contributed by atoms with Crippen molar-refractivity contribution in [2.45, 2.75) is 39.7 Å². The molecule has 0 aliphatic heterocycles. The van der Waals surface area contributed by atoms with Crippen molar-refractivity contribution >= 4 is 41.7 Å². The Morgan fingerprint density at radius 2 is 1.79 bits per heavy atom. The van der Waals surface area contributed by atoms with Crippen molar-refractivity contribution in [2.75, 3.05) is 25.5 Å². The van der Waals surface area contributed by atoms with E-state index in [4.69, 9.17) is 10.5 Å². The number of ether oxygens (including phenoxy) is 2. The van der Waals surface area contributed by atoms with Gasteiger partial charge in [-0.25, -0.2) is 4.79 Å². The average molecular weight is 532 g/mol. The van der Waals surface area contributed by atoms with E-state index in [1.54, 1.807) is 27.8 Å². The van der Waals surface area contributed by atoms with Gasteiger partial charge in [-0.05, 0) is 51.0 Å². The summed E-state index contributed by atoms with van der Waals surface area (Å²) in [5.74, 6) is -0.205. The summed E-state index contributed by atoms with van der Waals surface area (Å²) in [6, 6.07) is 5.12. The molecule has 0 aliphatic carbocycles. The number of benzene rings is 1. The largest absolute Gasteiger partial charge is 0.573 e. The summed E-state index contributed by atoms with van der Waals surface area (Å²) in [6.45, 7) is 8.05. The first-order valence-corrected chi connectivity index (χ1v) is 8.62. The molecule has 0 aromatic heterocycles. The van der Waals surface area contributed by atoms with Gasteiger partial charge < -0.3 is 25.4 Å². The van der Waals surface area contributed by atoms with Crippen molar-refractivity contribution in [1.29, 1.82) is 0 Å². The molecule has 1 aromatic rings. The number of aliphatic imine (C=N–C) groups is 1. The maximum absolute atomic E-state index is 12.1. The Bertz CT molecular complexity index is 676. The summed E-state index contributed by atoms with van der Waals surface area (Å²) < 4.78 is 45.5. The van der Waals surface area contributed by atoms with Gasteiger partial charge in [-0.3, -0.25) is 4.99 Å². The van der Waals surface area contributed by atoms with Gasteiger partial charge in [-0.2, -0.15) is 0 Å². The molecule has 7 nitrogen and oxygen atoms in total. The summed E-state index contributed by atoms with van der Waals surface area (Å²) in [6.07, 6.45) is -5.16. The number of carbonyl (C=O) groups excluding carboxylic acids is 1. The van der Waals surface area contributed by atoms with E-state index in [0.717, 1.165) is 0 Å². The number of halogens is 4. The number of nitrogens with one attached hydrogen (secondary N) is 1. The summed E-state index contributed by atoms with van der Waals surface area (Å²) in [7, 11) is 1.64. The Hall–Kier alpha value is -1.92. The minimum absolute atomic E-state index is 0. The van der Waals surface area contributed by atoms with E-state index in [0.29, 0.717) is 18.8 Å². The zero-order valence-electron chi connectivity index (χ0n) is 17.0. The summed E-state index contributed by atoms with van der Waals surface area (Å²) in [5.41, 5.74) is 5.69. The molecule has 1 unspecified atom stereocenters. The van der Waals surface area contributed by atoms with Gasteiger partial charge >= 0.3 is 12.5 Å². The van der Waals surface area contributed by atoms with E-state index in [1.807, 2.05) is 6.92 Å². The van der Waals surface area contributed by atoms with Crippen LogP contribution in [0.3, 0.4) is 0 Å². The first kappa shape index (κ1) is 27.1. The van der Waals surface area contributed by atoms with E-state index >= 15 is 0 Å². The van der Waals surface area contributed by atoms with Gasteiger partial charge in [0.15, 0.2) is 5.96 Å². The number of amides is 1. The quantitative estimate of drug-likeness (QED) is 0.322. The molecule has 0 heterocycles. The van der Waals surface area contributed by atoms with Crippen molar-refractivity contribution in [1.82, 2.24) is 4.90 Å². The maximum atomic E-state index is 12.1. The molecule has 1 rings (SSSR count). The van der Waals surface area contributed by atoms with Crippen LogP contribution in [0.25, 0.3) is 0 Å². The predicted molar refractivity (Wildman–Crippen MR) is 117 cm³/mol. The minimum Gasteiger partial charge on any atom is -0.444 e. The first-order valence-electron chi connectivity index (χ1n) is 8.62. The fourth-order valence-corrected chi connectivity index (χ4v) is 2.12. The van der Waals surface area contributed by atoms with Crippen LogP contribution >= 0.6 is 24.0 Å². The van der Waals surface area contributed by atoms with Crippen LogP contribution in [0.15, 0.2) is 29.3 Å². The van der Waals surface area contributed by atoms with Crippen molar-refractivity contribution in [2.24, 2.45) is 16.6 Å². The molecule has 0 saturated carbocycles. The molecule has 1 amide bonds. The Balaban J connectivity index is 0.00000784. The van der Waals surface area contributed by atoms with Gasteiger partial charge in [0.2, 0.25) is 0 Å². The first-order chi connectivity index (χ1) is 12.7. The molecular formula is C18H28F3IN4O3. The molecule has 0 fully saturated rings. The number of hydrogen-bond donors (Lipinski definition) is 2. The second-order valence-corrected chi connectivity index (χ2v) is 7.39. The number of guanidine groups is 1. The third kappa shape index (κ3) is 12.3. The average Bonchev–Trinajstić information content (AvgIpc) is 2.52. The molecule has 0 radical (unpaired) electrons. The summed E-state index contributed by atoms with van der Waals surface area (Å²) in [4.78, 5) is 17.6. The van der Waals surface area contributed by atoms with Crippen LogP contribution in [0.5, 0.6) is 5.75 Å². The lowest BCUT2D eigenvalue weighted by Gasteiger charge is -2.26. The Morgan fingerprint density at radius 3 is 2.28 bits per heavy atom. The van der Waals surface area contributed by atoms with Gasteiger partial charge in [0.1, 0.15) is 11.4 Å². The lowest BCUT2D eigenvalue weighted by molar-refractivity contribution is -0.274. The number of nitrogens with two attached hydrogens (primary N) is 1. The van der Waals surface area contributed by atoms with E-state index in [1.165, 1.54) is 29.2 Å². The van der Waals surface area contributed by atoms with Crippen LogP contribution in [0, 0.1) is 5.92 Å². The molecule has 1 atom stereocenters. The predicted octanol–water partition coefficient (Wildman–Crippen LogP) is 4.43. The van der Waals surface area contributed by atoms with Crippen LogP contribution in [-0.2, 0) is 4.74 Å². The van der Waals surface area contributed by atoms with Crippen molar-refractivity contribution in [3.8, 4) is 5.75 Å². The number of nitrogens with zero attached hydrogens (tertiary/aromatic N) is 2. The van der Waals surface area contributed by atoms with Gasteiger partial charge in [0.05, 0.1) is 0 Å². The number of hydrogen-bond acceptors (Lipinski definition) is 4. The van der Waals surface area contributed by atoms with E-state index in [9.17, 15) is 18.0 Å². The molecule has 29 heavy (non-hydrogen) atoms. The highest BCUT2D eigenvalue weighted by Gasteiger charge is 2.30. The number of rotatable bonds is 6. The third-order valence-corrected chi connectivity index (χ3v) is 3.22. The van der Waals surface area contributed by atoms with Crippen LogP contribution in [0.2, 0.25) is 0 Å². The smallest absolute Gasteiger partial charge is 0.444 e. The molecule has 0 bridgehead atoms. The van der Waals surface area contributed by atoms with Gasteiger partial charge in [0.25, 0.3) is 0 Å². The Morgan fingerprint density at radius 1 is 1.24 bits per heavy atom. The van der Waals surface area contributed by atoms with Crippen LogP contribution in [0.4, 0.5) is 23.7 Å². The highest BCUT2D eigenvalue weighted by Crippen LogP contribution is 2.23. The fraction of sp³-hybridized carbons (Fsp3) is 0.556. The van der Waals surface area contributed by atoms with Crippen LogP contribution in [-0.4, -0.2) is 49.1 Å². The molecule has 0 spiro atoms. The van der Waals surface area contributed by atoms with E-state index in [-0.39, 0.29) is 41.6 Å². The normalized spacial score (nSPS) is 13.2. The topological polar surface area (TPSA) is 89.2 Å². The number of carbonyl (C=O) groups is 1. The molecule has 0 aliphatic rings. The van der Waals surface area contributed by atoms with Crippen molar-refractivity contribution in [3.63, 3.8) is 0 Å². The molecule has 0 saturated heterocycles. The minimum atomic E-state index is -4.74. The Labute approximate surface area is 185 Å². The molecule has 1 aromatic carbocycles. The standard InChI is InChI=1S/C18H27F3N4O3.HI/c1-12(11-25(5)16(26)28-17(2,3)4)10-23-15(22)24-13-6-8-14(9-7-13)27-18(19,20)21;/h6-9,12H,10-11H2,1-5H3,(H3,22,23,24);1H.